The molecule has 0 saturated carbocycles. The van der Waals surface area contributed by atoms with E-state index in [-0.39, 0.29) is 63.0 Å². The third kappa shape index (κ3) is 2.93. The lowest BCUT2D eigenvalue weighted by Gasteiger charge is -2.15. The molecule has 0 unspecified atom stereocenters. The molecule has 0 amide bonds. The fraction of sp³-hybridized carbons (Fsp3) is 0.217. The minimum Gasteiger partial charge on any atom is -0.492 e. The second-order valence-corrected chi connectivity index (χ2v) is 7.66. The highest BCUT2D eigenvalue weighted by Gasteiger charge is 2.37. The van der Waals surface area contributed by atoms with Crippen LogP contribution < -0.4 is 0 Å². The van der Waals surface area contributed by atoms with Crippen LogP contribution in [-0.4, -0.2) is 51.8 Å². The molecule has 0 aliphatic heterocycles. The van der Waals surface area contributed by atoms with Crippen molar-refractivity contribution in [1.29, 1.82) is 0 Å². The average molecular weight is 434 g/mol. The predicted molar refractivity (Wildman–Crippen MR) is 111 cm³/mol. The van der Waals surface area contributed by atoms with Crippen LogP contribution in [0.4, 0.5) is 0 Å². The molecular weight excluding hydrogens is 416 g/mol. The van der Waals surface area contributed by atoms with E-state index >= 15 is 0 Å². The zero-order chi connectivity index (χ0) is 23.5. The van der Waals surface area contributed by atoms with Gasteiger partial charge in [-0.15, -0.1) is 0 Å². The fourth-order valence-electron chi connectivity index (χ4n) is 4.18. The summed E-state index contributed by atoms with van der Waals surface area (Å²) >= 11 is 0. The first-order valence-corrected chi connectivity index (χ1v) is 9.70. The van der Waals surface area contributed by atoms with E-state index in [0.717, 1.165) is 12.2 Å². The van der Waals surface area contributed by atoms with Gasteiger partial charge in [0.05, 0.1) is 41.0 Å². The molecule has 32 heavy (non-hydrogen) atoms. The van der Waals surface area contributed by atoms with Crippen LogP contribution in [-0.2, 0) is 11.2 Å². The van der Waals surface area contributed by atoms with E-state index in [1.165, 1.54) is 21.0 Å². The molecule has 0 bridgehead atoms. The third-order valence-electron chi connectivity index (χ3n) is 5.67. The molecule has 2 aromatic heterocycles. The highest BCUT2D eigenvalue weighted by molar-refractivity contribution is 6.27. The van der Waals surface area contributed by atoms with Gasteiger partial charge in [0.25, 0.3) is 0 Å². The van der Waals surface area contributed by atoms with Crippen LogP contribution in [0.25, 0.3) is 0 Å². The van der Waals surface area contributed by atoms with E-state index in [9.17, 15) is 28.8 Å². The number of H-pyrrole nitrogens is 2. The molecule has 2 heterocycles. The summed E-state index contributed by atoms with van der Waals surface area (Å²) in [7, 11) is 1.24. The normalized spacial score (nSPS) is 15.2. The van der Waals surface area contributed by atoms with E-state index in [1.807, 2.05) is 0 Å². The van der Waals surface area contributed by atoms with Crippen LogP contribution in [0.15, 0.2) is 23.5 Å². The Hall–Kier alpha value is -4.14. The Morgan fingerprint density at radius 3 is 2.00 bits per heavy atom. The first-order chi connectivity index (χ1) is 15.1. The topological polar surface area (TPSA) is 143 Å². The zero-order valence-electron chi connectivity index (χ0n) is 17.7. The molecule has 9 nitrogen and oxygen atoms in total. The van der Waals surface area contributed by atoms with E-state index < -0.39 is 28.9 Å². The van der Waals surface area contributed by atoms with E-state index in [1.54, 1.807) is 6.92 Å². The second kappa shape index (κ2) is 7.23. The standard InChI is InChI=1S/C23H18N2O7/c1-8-16-20(24-18(8)9(2)26)13(28)6-11(22(16)30)5-12-17-21(25-19(12)10(3)27)14(29)7-15(32-4)23(17)31/h6-7,24-25H,5H2,1-4H3. The van der Waals surface area contributed by atoms with Gasteiger partial charge in [-0.3, -0.25) is 28.8 Å². The number of hydrogen-bond acceptors (Lipinski definition) is 7. The Morgan fingerprint density at radius 1 is 0.844 bits per heavy atom. The number of methoxy groups -OCH3 is 1. The van der Waals surface area contributed by atoms with Gasteiger partial charge in [0, 0.05) is 31.9 Å². The van der Waals surface area contributed by atoms with Gasteiger partial charge in [-0.1, -0.05) is 0 Å². The van der Waals surface area contributed by atoms with Gasteiger partial charge < -0.3 is 14.7 Å². The van der Waals surface area contributed by atoms with Crippen LogP contribution in [0.3, 0.4) is 0 Å². The molecule has 0 atom stereocenters. The van der Waals surface area contributed by atoms with Crippen LogP contribution in [0, 0.1) is 6.92 Å². The van der Waals surface area contributed by atoms with E-state index in [2.05, 4.69) is 9.97 Å². The summed E-state index contributed by atoms with van der Waals surface area (Å²) < 4.78 is 4.99. The number of nitrogens with one attached hydrogen (secondary N) is 2. The number of hydrogen-bond donors (Lipinski definition) is 2. The first kappa shape index (κ1) is 21.1. The number of aromatic nitrogens is 2. The first-order valence-electron chi connectivity index (χ1n) is 9.70. The van der Waals surface area contributed by atoms with Crippen molar-refractivity contribution in [3.05, 3.63) is 68.5 Å². The van der Waals surface area contributed by atoms with Gasteiger partial charge in [0.2, 0.25) is 17.3 Å². The minimum absolute atomic E-state index is 0.00427. The lowest BCUT2D eigenvalue weighted by atomic mass is 9.85. The molecule has 2 aliphatic rings. The molecule has 0 spiro atoms. The minimum atomic E-state index is -0.603. The number of allylic oxidation sites excluding steroid dienone is 4. The van der Waals surface area contributed by atoms with Crippen LogP contribution >= 0.6 is 0 Å². The lowest BCUT2D eigenvalue weighted by Crippen LogP contribution is -2.21. The number of ether oxygens (including phenoxy) is 1. The van der Waals surface area contributed by atoms with E-state index in [4.69, 9.17) is 4.74 Å². The van der Waals surface area contributed by atoms with Gasteiger partial charge in [0.1, 0.15) is 0 Å². The maximum absolute atomic E-state index is 13.2. The molecule has 9 heteroatoms. The molecule has 2 aromatic rings. The fourth-order valence-corrected chi connectivity index (χ4v) is 4.18. The van der Waals surface area contributed by atoms with Gasteiger partial charge in [-0.2, -0.15) is 0 Å². The molecule has 162 valence electrons. The Kier molecular flexibility index (Phi) is 4.77. The maximum atomic E-state index is 13.2. The van der Waals surface area contributed by atoms with Crippen LogP contribution in [0.5, 0.6) is 0 Å². The van der Waals surface area contributed by atoms with Crippen molar-refractivity contribution in [3.63, 3.8) is 0 Å². The number of aromatic amines is 2. The number of rotatable bonds is 5. The third-order valence-corrected chi connectivity index (χ3v) is 5.67. The summed E-state index contributed by atoms with van der Waals surface area (Å²) in [5.41, 5.74) is 0.712. The van der Waals surface area contributed by atoms with E-state index in [0.29, 0.717) is 5.56 Å². The molecule has 0 fully saturated rings. The summed E-state index contributed by atoms with van der Waals surface area (Å²) in [4.78, 5) is 80.7. The summed E-state index contributed by atoms with van der Waals surface area (Å²) in [5, 5.41) is 0. The highest BCUT2D eigenvalue weighted by atomic mass is 16.5. The van der Waals surface area contributed by atoms with Crippen LogP contribution in [0.2, 0.25) is 0 Å². The summed E-state index contributed by atoms with van der Waals surface area (Å²) in [6, 6.07) is 0. The number of carbonyl (C=O) groups excluding carboxylic acids is 6. The highest BCUT2D eigenvalue weighted by Crippen LogP contribution is 2.33. The van der Waals surface area contributed by atoms with Gasteiger partial charge in [0.15, 0.2) is 23.1 Å². The van der Waals surface area contributed by atoms with Crippen molar-refractivity contribution in [1.82, 2.24) is 9.97 Å². The second-order valence-electron chi connectivity index (χ2n) is 7.66. The Labute approximate surface area is 181 Å². The summed E-state index contributed by atoms with van der Waals surface area (Å²) in [5.74, 6) is -3.09. The molecule has 4 rings (SSSR count). The summed E-state index contributed by atoms with van der Waals surface area (Å²) in [6.07, 6.45) is 1.92. The Balaban J connectivity index is 1.84. The number of Topliss-reactive ketones (excluding diaryl/α,β-unsaturated/α-hetero) is 4. The van der Waals surface area contributed by atoms with Crippen molar-refractivity contribution in [2.45, 2.75) is 27.2 Å². The molecule has 2 aliphatic carbocycles. The predicted octanol–water partition coefficient (Wildman–Crippen LogP) is 2.51. The Morgan fingerprint density at radius 2 is 1.41 bits per heavy atom. The number of fused-ring (bicyclic) bond motifs is 2. The molecule has 0 aromatic carbocycles. The molecule has 2 N–H and O–H groups in total. The zero-order valence-corrected chi connectivity index (χ0v) is 17.7. The van der Waals surface area contributed by atoms with Gasteiger partial charge >= 0.3 is 0 Å². The maximum Gasteiger partial charge on any atom is 0.230 e. The monoisotopic (exact) mass is 434 g/mol. The largest absolute Gasteiger partial charge is 0.492 e. The van der Waals surface area contributed by atoms with Crippen molar-refractivity contribution in [2.24, 2.45) is 0 Å². The number of carbonyl (C=O) groups is 6. The lowest BCUT2D eigenvalue weighted by molar-refractivity contribution is 0.0914. The van der Waals surface area contributed by atoms with Crippen molar-refractivity contribution >= 4 is 34.7 Å². The van der Waals surface area contributed by atoms with Crippen LogP contribution in [0.1, 0.15) is 87.6 Å². The summed E-state index contributed by atoms with van der Waals surface area (Å²) in [6.45, 7) is 4.15. The SMILES string of the molecule is COC1=CC(=O)c2[nH]c(C(C)=O)c(CC3=CC(=O)c4[nH]c(C(C)=O)c(C)c4C3=O)c2C1=O. The van der Waals surface area contributed by atoms with Crippen molar-refractivity contribution in [2.75, 3.05) is 7.11 Å². The molecule has 0 saturated heterocycles. The molecular formula is C23H18N2O7. The number of ketones is 6. The smallest absolute Gasteiger partial charge is 0.230 e. The van der Waals surface area contributed by atoms with Gasteiger partial charge in [-0.25, -0.2) is 0 Å². The quantitative estimate of drug-likeness (QED) is 0.688. The van der Waals surface area contributed by atoms with Gasteiger partial charge in [-0.05, 0) is 24.1 Å². The van der Waals surface area contributed by atoms with Crippen molar-refractivity contribution in [3.8, 4) is 0 Å². The molecule has 0 radical (unpaired) electrons. The Bertz CT molecular complexity index is 1360. The van der Waals surface area contributed by atoms with Crippen molar-refractivity contribution < 1.29 is 33.5 Å². The average Bonchev–Trinajstić information content (AvgIpc) is 3.28.